The zero-order valence-electron chi connectivity index (χ0n) is 15.0. The molecule has 2 aliphatic carbocycles. The number of halogens is 1. The second-order valence-electron chi connectivity index (χ2n) is 7.49. The molecule has 1 aromatic heterocycles. The van der Waals surface area contributed by atoms with E-state index in [1.54, 1.807) is 0 Å². The summed E-state index contributed by atoms with van der Waals surface area (Å²) in [5, 5.41) is 0. The van der Waals surface area contributed by atoms with Crippen LogP contribution in [0.5, 0.6) is 0 Å². The van der Waals surface area contributed by atoms with E-state index in [1.165, 1.54) is 20.0 Å². The fraction of sp³-hybridized carbons (Fsp3) is 0.647. The Kier molecular flexibility index (Phi) is 3.65. The molecule has 0 amide bonds. The zero-order valence-corrected chi connectivity index (χ0v) is 15.0. The second kappa shape index (κ2) is 5.51. The van der Waals surface area contributed by atoms with Gasteiger partial charge in [-0.2, -0.15) is 0 Å². The minimum atomic E-state index is -1.88. The van der Waals surface area contributed by atoms with Gasteiger partial charge in [0.15, 0.2) is 18.0 Å². The van der Waals surface area contributed by atoms with Crippen molar-refractivity contribution in [1.29, 1.82) is 0 Å². The topological polar surface area (TPSA) is 117 Å². The third-order valence-corrected chi connectivity index (χ3v) is 5.63. The minimum absolute atomic E-state index is 0.124. The summed E-state index contributed by atoms with van der Waals surface area (Å²) in [7, 11) is 0. The number of aromatic nitrogens is 2. The number of aryl methyl sites for hydroxylation is 1. The lowest BCUT2D eigenvalue weighted by atomic mass is 9.90. The van der Waals surface area contributed by atoms with Gasteiger partial charge in [-0.05, 0) is 19.8 Å². The number of alkyl halides is 1. The quantitative estimate of drug-likeness (QED) is 0.738. The van der Waals surface area contributed by atoms with E-state index in [2.05, 4.69) is 4.98 Å². The lowest BCUT2D eigenvalue weighted by Crippen LogP contribution is -2.51. The molecule has 0 bridgehead atoms. The molecule has 0 aromatic carbocycles. The van der Waals surface area contributed by atoms with Crippen molar-refractivity contribution in [2.75, 3.05) is 0 Å². The number of fused-ring (bicyclic) bond motifs is 3. The smallest absolute Gasteiger partial charge is 0.330 e. The number of esters is 2. The highest BCUT2D eigenvalue weighted by molar-refractivity contribution is 5.69. The molecule has 3 aliphatic rings. The van der Waals surface area contributed by atoms with Crippen LogP contribution in [0.15, 0.2) is 15.8 Å². The van der Waals surface area contributed by atoms with Crippen LogP contribution in [0.2, 0.25) is 0 Å². The van der Waals surface area contributed by atoms with E-state index < -0.39 is 52.9 Å². The van der Waals surface area contributed by atoms with E-state index >= 15 is 4.39 Å². The molecule has 0 unspecified atom stereocenters. The van der Waals surface area contributed by atoms with Gasteiger partial charge in [0.05, 0.1) is 0 Å². The fourth-order valence-electron chi connectivity index (χ4n) is 4.58. The maximum Gasteiger partial charge on any atom is 0.330 e. The number of carbonyl (C=O) groups is 2. The molecule has 2 heterocycles. The van der Waals surface area contributed by atoms with Gasteiger partial charge in [-0.1, -0.05) is 0 Å². The molecule has 10 heteroatoms. The van der Waals surface area contributed by atoms with Gasteiger partial charge >= 0.3 is 17.6 Å². The molecule has 6 atom stereocenters. The summed E-state index contributed by atoms with van der Waals surface area (Å²) in [5.74, 6) is -1.43. The highest BCUT2D eigenvalue weighted by Crippen LogP contribution is 2.68. The Morgan fingerprint density at radius 2 is 1.81 bits per heavy atom. The Morgan fingerprint density at radius 1 is 1.22 bits per heavy atom. The molecule has 3 fully saturated rings. The second-order valence-corrected chi connectivity index (χ2v) is 7.49. The number of nitrogens with zero attached hydrogens (tertiary/aromatic N) is 1. The van der Waals surface area contributed by atoms with Crippen molar-refractivity contribution in [2.24, 2.45) is 5.92 Å². The number of aromatic amines is 1. The lowest BCUT2D eigenvalue weighted by molar-refractivity contribution is -0.180. The van der Waals surface area contributed by atoms with E-state index in [4.69, 9.17) is 14.2 Å². The van der Waals surface area contributed by atoms with Crippen molar-refractivity contribution >= 4 is 11.9 Å². The summed E-state index contributed by atoms with van der Waals surface area (Å²) < 4.78 is 33.1. The molecule has 9 nitrogen and oxygen atoms in total. The van der Waals surface area contributed by atoms with Gasteiger partial charge < -0.3 is 14.2 Å². The van der Waals surface area contributed by atoms with Crippen molar-refractivity contribution in [3.63, 3.8) is 0 Å². The molecule has 146 valence electrons. The normalized spacial score (nSPS) is 38.8. The Labute approximate surface area is 152 Å². The van der Waals surface area contributed by atoms with Crippen LogP contribution in [0.25, 0.3) is 0 Å². The zero-order chi connectivity index (χ0) is 19.7. The average Bonchev–Trinajstić information content (AvgIpc) is 3.04. The van der Waals surface area contributed by atoms with Crippen molar-refractivity contribution in [1.82, 2.24) is 9.55 Å². The largest absolute Gasteiger partial charge is 0.456 e. The number of nitrogens with one attached hydrogen (secondary N) is 1. The number of ether oxygens (including phenoxy) is 3. The van der Waals surface area contributed by atoms with Crippen LogP contribution < -0.4 is 11.2 Å². The third-order valence-electron chi connectivity index (χ3n) is 5.63. The summed E-state index contributed by atoms with van der Waals surface area (Å²) in [4.78, 5) is 49.1. The van der Waals surface area contributed by atoms with Crippen LogP contribution in [-0.4, -0.2) is 45.0 Å². The maximum atomic E-state index is 15.6. The molecule has 27 heavy (non-hydrogen) atoms. The summed E-state index contributed by atoms with van der Waals surface area (Å²) in [6, 6.07) is 0. The Hall–Kier alpha value is -2.49. The van der Waals surface area contributed by atoms with Gasteiger partial charge in [-0.15, -0.1) is 0 Å². The summed E-state index contributed by atoms with van der Waals surface area (Å²) in [6.45, 7) is 3.87. The SMILES string of the molecule is CC(=O)O[C@]12C[C@H]1C[C@@]1(OC(C)=O)[C@@H]2O[C@H](n2cc(C)c(=O)[nH]c2=O)[C@H]1F. The van der Waals surface area contributed by atoms with Crippen LogP contribution in [0.1, 0.15) is 38.5 Å². The molecular formula is C17H19FN2O7. The molecule has 4 rings (SSSR count). The summed E-state index contributed by atoms with van der Waals surface area (Å²) in [5.41, 5.74) is -3.95. The van der Waals surface area contributed by atoms with Gasteiger partial charge in [0.2, 0.25) is 0 Å². The standard InChI is InChI=1S/C17H19FN2O7/c1-7-6-20(15(24)19-12(7)23)13-11(18)17(27-9(3)22)5-10-4-16(10,14(17)25-13)26-8(2)21/h6,10-11,13-14H,4-5H2,1-3H3,(H,19,23,24)/t10-,11+,13-,14+,16+,17-/m0/s1. The minimum Gasteiger partial charge on any atom is -0.456 e. The maximum absolute atomic E-state index is 15.6. The van der Waals surface area contributed by atoms with E-state index in [9.17, 15) is 19.2 Å². The number of H-pyrrole nitrogens is 1. The highest BCUT2D eigenvalue weighted by Gasteiger charge is 2.83. The van der Waals surface area contributed by atoms with Crippen LogP contribution in [0, 0.1) is 12.8 Å². The van der Waals surface area contributed by atoms with Crippen molar-refractivity contribution < 1.29 is 28.2 Å². The van der Waals surface area contributed by atoms with Crippen LogP contribution >= 0.6 is 0 Å². The van der Waals surface area contributed by atoms with Gasteiger partial charge in [0.1, 0.15) is 11.7 Å². The van der Waals surface area contributed by atoms with E-state index in [-0.39, 0.29) is 17.9 Å². The molecule has 1 N–H and O–H groups in total. The Morgan fingerprint density at radius 3 is 2.44 bits per heavy atom. The van der Waals surface area contributed by atoms with Gasteiger partial charge in [-0.3, -0.25) is 23.9 Å². The monoisotopic (exact) mass is 382 g/mol. The van der Waals surface area contributed by atoms with Gasteiger partial charge in [-0.25, -0.2) is 9.18 Å². The van der Waals surface area contributed by atoms with E-state index in [0.717, 1.165) is 11.5 Å². The molecule has 1 aliphatic heterocycles. The van der Waals surface area contributed by atoms with Gasteiger partial charge in [0, 0.05) is 31.5 Å². The molecule has 0 radical (unpaired) electrons. The molecule has 2 saturated carbocycles. The first-order valence-corrected chi connectivity index (χ1v) is 8.61. The van der Waals surface area contributed by atoms with Crippen molar-refractivity contribution in [2.45, 2.75) is 63.3 Å². The first-order valence-electron chi connectivity index (χ1n) is 8.61. The summed E-state index contributed by atoms with van der Waals surface area (Å²) >= 11 is 0. The fourth-order valence-corrected chi connectivity index (χ4v) is 4.58. The third kappa shape index (κ3) is 2.39. The lowest BCUT2D eigenvalue weighted by Gasteiger charge is -2.32. The number of rotatable bonds is 3. The molecule has 0 spiro atoms. The highest BCUT2D eigenvalue weighted by atomic mass is 19.1. The van der Waals surface area contributed by atoms with E-state index in [0.29, 0.717) is 6.42 Å². The predicted octanol–water partition coefficient (Wildman–Crippen LogP) is 0.108. The summed E-state index contributed by atoms with van der Waals surface area (Å²) in [6.07, 6.45) is -2.55. The predicted molar refractivity (Wildman–Crippen MR) is 86.6 cm³/mol. The Balaban J connectivity index is 1.78. The van der Waals surface area contributed by atoms with E-state index in [1.807, 2.05) is 0 Å². The first-order chi connectivity index (χ1) is 12.6. The first kappa shape index (κ1) is 17.9. The van der Waals surface area contributed by atoms with Crippen LogP contribution in [0.4, 0.5) is 4.39 Å². The molecule has 1 aromatic rings. The van der Waals surface area contributed by atoms with Crippen LogP contribution in [0.3, 0.4) is 0 Å². The molecular weight excluding hydrogens is 363 g/mol. The van der Waals surface area contributed by atoms with Crippen LogP contribution in [-0.2, 0) is 23.8 Å². The molecule has 1 saturated heterocycles. The van der Waals surface area contributed by atoms with Crippen molar-refractivity contribution in [3.05, 3.63) is 32.6 Å². The number of hydrogen-bond acceptors (Lipinski definition) is 7. The number of carbonyl (C=O) groups excluding carboxylic acids is 2. The number of hydrogen-bond donors (Lipinski definition) is 1. The average molecular weight is 382 g/mol. The Bertz CT molecular complexity index is 955. The van der Waals surface area contributed by atoms with Gasteiger partial charge in [0.25, 0.3) is 5.56 Å². The van der Waals surface area contributed by atoms with Crippen molar-refractivity contribution in [3.8, 4) is 0 Å².